The summed E-state index contributed by atoms with van der Waals surface area (Å²) in [4.78, 5) is 0. The average molecular weight is 414 g/mol. The minimum atomic E-state index is -3.39. The maximum Gasteiger partial charge on any atom is 0.216 e. The summed E-state index contributed by atoms with van der Waals surface area (Å²) in [6.07, 6.45) is 5.44. The Balaban J connectivity index is 2.29. The van der Waals surface area contributed by atoms with Crippen molar-refractivity contribution in [1.29, 1.82) is 0 Å². The van der Waals surface area contributed by atoms with Crippen LogP contribution in [-0.4, -0.2) is 30.7 Å². The van der Waals surface area contributed by atoms with Crippen molar-refractivity contribution >= 4 is 33.5 Å². The van der Waals surface area contributed by atoms with E-state index in [1.165, 1.54) is 12.0 Å². The van der Waals surface area contributed by atoms with Crippen molar-refractivity contribution in [3.05, 3.63) is 48.6 Å². The minimum absolute atomic E-state index is 0.0915. The van der Waals surface area contributed by atoms with E-state index in [1.807, 2.05) is 35.7 Å². The molecule has 146 valence electrons. The Bertz CT molecular complexity index is 675. The molecule has 1 atom stereocenters. The summed E-state index contributed by atoms with van der Waals surface area (Å²) in [6.45, 7) is 9.05. The quantitative estimate of drug-likeness (QED) is 0.599. The third kappa shape index (κ3) is 5.54. The molecule has 1 N–H and O–H groups in total. The van der Waals surface area contributed by atoms with Crippen molar-refractivity contribution < 1.29 is 8.42 Å². The molecular weight excluding hydrogens is 382 g/mol. The van der Waals surface area contributed by atoms with Gasteiger partial charge in [-0.15, -0.1) is 30.1 Å². The Labute approximate surface area is 167 Å². The van der Waals surface area contributed by atoms with Crippen molar-refractivity contribution in [2.75, 3.05) is 11.5 Å². The van der Waals surface area contributed by atoms with E-state index in [-0.39, 0.29) is 10.1 Å². The first-order chi connectivity index (χ1) is 12.2. The summed E-state index contributed by atoms with van der Waals surface area (Å²) in [5.74, 6) is 2.23. The summed E-state index contributed by atoms with van der Waals surface area (Å²) in [7, 11) is -3.39. The molecule has 0 amide bonds. The van der Waals surface area contributed by atoms with E-state index < -0.39 is 14.8 Å². The van der Waals surface area contributed by atoms with Gasteiger partial charge in [0.1, 0.15) is 0 Å². The molecule has 6 heteroatoms. The molecule has 1 aromatic rings. The van der Waals surface area contributed by atoms with Crippen molar-refractivity contribution in [3.8, 4) is 0 Å². The fourth-order valence-corrected chi connectivity index (χ4v) is 7.40. The zero-order chi connectivity index (χ0) is 19.3. The van der Waals surface area contributed by atoms with E-state index in [0.29, 0.717) is 0 Å². The zero-order valence-corrected chi connectivity index (χ0v) is 18.5. The molecule has 3 nitrogen and oxygen atoms in total. The monoisotopic (exact) mass is 413 g/mol. The summed E-state index contributed by atoms with van der Waals surface area (Å²) < 4.78 is 27.6. The zero-order valence-electron chi connectivity index (χ0n) is 16.0. The second-order valence-electron chi connectivity index (χ2n) is 7.67. The first-order valence-electron chi connectivity index (χ1n) is 9.16. The highest BCUT2D eigenvalue weighted by Gasteiger charge is 2.40. The lowest BCUT2D eigenvalue weighted by atomic mass is 10.0. The van der Waals surface area contributed by atoms with Crippen LogP contribution in [-0.2, 0) is 14.1 Å². The molecule has 1 aromatic carbocycles. The maximum atomic E-state index is 12.8. The molecule has 2 rings (SSSR count). The van der Waals surface area contributed by atoms with E-state index in [9.17, 15) is 8.42 Å². The highest BCUT2D eigenvalue weighted by atomic mass is 32.2. The number of allylic oxidation sites excluding steroid dienone is 1. The minimum Gasteiger partial charge on any atom is -0.212 e. The number of benzene rings is 1. The van der Waals surface area contributed by atoms with Crippen LogP contribution in [0.25, 0.3) is 0 Å². The van der Waals surface area contributed by atoms with Crippen LogP contribution in [0.3, 0.4) is 0 Å². The molecule has 1 aliphatic heterocycles. The smallest absolute Gasteiger partial charge is 0.212 e. The number of sulfonamides is 1. The van der Waals surface area contributed by atoms with Gasteiger partial charge in [0.2, 0.25) is 10.0 Å². The Hall–Kier alpha value is -0.430. The first kappa shape index (κ1) is 21.9. The van der Waals surface area contributed by atoms with E-state index in [0.717, 1.165) is 30.8 Å². The van der Waals surface area contributed by atoms with Gasteiger partial charge in [0.05, 0.1) is 8.83 Å². The molecule has 1 saturated heterocycles. The third-order valence-corrected chi connectivity index (χ3v) is 10.2. The van der Waals surface area contributed by atoms with E-state index in [2.05, 4.69) is 35.6 Å². The molecule has 26 heavy (non-hydrogen) atoms. The second kappa shape index (κ2) is 9.18. The van der Waals surface area contributed by atoms with Crippen molar-refractivity contribution in [1.82, 2.24) is 4.72 Å². The molecule has 0 radical (unpaired) electrons. The lowest BCUT2D eigenvalue weighted by Crippen LogP contribution is -2.46. The number of nitrogens with one attached hydrogen (secondary N) is 1. The van der Waals surface area contributed by atoms with Gasteiger partial charge in [-0.25, -0.2) is 13.1 Å². The highest BCUT2D eigenvalue weighted by molar-refractivity contribution is 8.18. The van der Waals surface area contributed by atoms with Crippen LogP contribution in [0.15, 0.2) is 43.0 Å². The van der Waals surface area contributed by atoms with Gasteiger partial charge in [-0.1, -0.05) is 36.4 Å². The van der Waals surface area contributed by atoms with Crippen LogP contribution in [0.1, 0.15) is 52.0 Å². The summed E-state index contributed by atoms with van der Waals surface area (Å²) in [5, 5.41) is 0. The van der Waals surface area contributed by atoms with Crippen molar-refractivity contribution in [2.45, 2.75) is 61.3 Å². The van der Waals surface area contributed by atoms with Crippen LogP contribution in [0, 0.1) is 0 Å². The Morgan fingerprint density at radius 1 is 1.23 bits per heavy atom. The largest absolute Gasteiger partial charge is 0.216 e. The molecule has 0 aromatic heterocycles. The summed E-state index contributed by atoms with van der Waals surface area (Å²) >= 11 is 3.92. The third-order valence-electron chi connectivity index (χ3n) is 4.54. The number of hydrogen-bond donors (Lipinski definition) is 1. The molecule has 0 bridgehead atoms. The van der Waals surface area contributed by atoms with Gasteiger partial charge in [0.15, 0.2) is 0 Å². The van der Waals surface area contributed by atoms with Crippen LogP contribution in [0.4, 0.5) is 0 Å². The maximum absolute atomic E-state index is 12.8. The normalized spacial score (nSPS) is 19.0. The van der Waals surface area contributed by atoms with Crippen molar-refractivity contribution in [2.24, 2.45) is 0 Å². The van der Waals surface area contributed by atoms with Gasteiger partial charge in [-0.2, -0.15) is 0 Å². The standard InChI is InChI=1S/C20H31NO2S3/c1-5-6-13-18(21-26(22,23)19(2,3)4)16-20(24-14-10-15-25-20)17-11-8-7-9-12-17/h5,7-9,11-12,18,21H,1,6,10,13-16H2,2-4H3. The van der Waals surface area contributed by atoms with Gasteiger partial charge in [0, 0.05) is 6.04 Å². The topological polar surface area (TPSA) is 46.2 Å². The number of thioether (sulfide) groups is 2. The summed E-state index contributed by atoms with van der Waals surface area (Å²) in [6, 6.07) is 10.4. The molecule has 1 unspecified atom stereocenters. The summed E-state index contributed by atoms with van der Waals surface area (Å²) in [5.41, 5.74) is 1.29. The second-order valence-corrected chi connectivity index (χ2v) is 13.2. The van der Waals surface area contributed by atoms with Gasteiger partial charge in [-0.05, 0) is 63.5 Å². The van der Waals surface area contributed by atoms with Crippen molar-refractivity contribution in [3.63, 3.8) is 0 Å². The van der Waals surface area contributed by atoms with Crippen LogP contribution in [0.2, 0.25) is 0 Å². The van der Waals surface area contributed by atoms with Gasteiger partial charge in [0.25, 0.3) is 0 Å². The SMILES string of the molecule is C=CCCC(CC1(c2ccccc2)SCCCS1)NS(=O)(=O)C(C)(C)C. The molecule has 0 saturated carbocycles. The molecule has 0 spiro atoms. The lowest BCUT2D eigenvalue weighted by molar-refractivity contribution is 0.477. The Morgan fingerprint density at radius 2 is 1.85 bits per heavy atom. The average Bonchev–Trinajstić information content (AvgIpc) is 2.60. The van der Waals surface area contributed by atoms with E-state index in [1.54, 1.807) is 20.8 Å². The predicted molar refractivity (Wildman–Crippen MR) is 117 cm³/mol. The number of rotatable bonds is 8. The molecule has 0 aliphatic carbocycles. The number of hydrogen-bond acceptors (Lipinski definition) is 4. The van der Waals surface area contributed by atoms with E-state index >= 15 is 0 Å². The van der Waals surface area contributed by atoms with Crippen LogP contribution < -0.4 is 4.72 Å². The highest BCUT2D eigenvalue weighted by Crippen LogP contribution is 2.53. The van der Waals surface area contributed by atoms with Crippen LogP contribution in [0.5, 0.6) is 0 Å². The van der Waals surface area contributed by atoms with Crippen LogP contribution >= 0.6 is 23.5 Å². The molecule has 1 heterocycles. The van der Waals surface area contributed by atoms with Gasteiger partial charge in [-0.3, -0.25) is 0 Å². The first-order valence-corrected chi connectivity index (χ1v) is 12.6. The van der Waals surface area contributed by atoms with Gasteiger partial charge < -0.3 is 0 Å². The van der Waals surface area contributed by atoms with Gasteiger partial charge >= 0.3 is 0 Å². The predicted octanol–water partition coefficient (Wildman–Crippen LogP) is 5.15. The Kier molecular flexibility index (Phi) is 7.72. The molecule has 1 aliphatic rings. The fourth-order valence-electron chi connectivity index (χ4n) is 2.91. The molecule has 1 fully saturated rings. The van der Waals surface area contributed by atoms with E-state index in [4.69, 9.17) is 0 Å². The Morgan fingerprint density at radius 3 is 2.38 bits per heavy atom. The fraction of sp³-hybridized carbons (Fsp3) is 0.600. The molecular formula is C20H31NO2S3. The lowest BCUT2D eigenvalue weighted by Gasteiger charge is -2.39.